The van der Waals surface area contributed by atoms with Crippen LogP contribution in [0, 0.1) is 34.9 Å². The van der Waals surface area contributed by atoms with Gasteiger partial charge in [0.25, 0.3) is 0 Å². The van der Waals surface area contributed by atoms with Gasteiger partial charge in [-0.2, -0.15) is 17.6 Å². The fraction of sp³-hybridized carbons (Fsp3) is 0.161. The summed E-state index contributed by atoms with van der Waals surface area (Å²) in [6.07, 6.45) is -5.03. The maximum Gasteiger partial charge on any atom is 0.432 e. The summed E-state index contributed by atoms with van der Waals surface area (Å²) in [5.41, 5.74) is -2.70. The summed E-state index contributed by atoms with van der Waals surface area (Å²) in [5, 5.41) is 0. The number of ether oxygens (including phenoxy) is 2. The van der Waals surface area contributed by atoms with Crippen LogP contribution in [0.2, 0.25) is 0 Å². The Hall–Kier alpha value is -4.48. The van der Waals surface area contributed by atoms with Crippen molar-refractivity contribution in [2.45, 2.75) is 32.3 Å². The Labute approximate surface area is 238 Å². The Bertz CT molecular complexity index is 1630. The topological polar surface area (TPSA) is 18.5 Å². The largest absolute Gasteiger partial charge is 0.453 e. The van der Waals surface area contributed by atoms with E-state index in [2.05, 4.69) is 9.47 Å². The zero-order valence-electron chi connectivity index (χ0n) is 22.1. The van der Waals surface area contributed by atoms with Gasteiger partial charge in [0, 0.05) is 17.2 Å². The molecule has 226 valence electrons. The molecule has 0 radical (unpaired) electrons. The van der Waals surface area contributed by atoms with Crippen LogP contribution in [0.15, 0.2) is 73.0 Å². The minimum atomic E-state index is -4.68. The van der Waals surface area contributed by atoms with E-state index in [0.717, 1.165) is 25.0 Å². The van der Waals surface area contributed by atoms with Gasteiger partial charge < -0.3 is 9.47 Å². The van der Waals surface area contributed by atoms with Gasteiger partial charge in [0.05, 0.1) is 0 Å². The van der Waals surface area contributed by atoms with Gasteiger partial charge in [0.15, 0.2) is 23.6 Å². The molecule has 12 heteroatoms. The Kier molecular flexibility index (Phi) is 9.37. The number of hydrogen-bond acceptors (Lipinski definition) is 2. The smallest absolute Gasteiger partial charge is 0.432 e. The second kappa shape index (κ2) is 12.8. The molecule has 43 heavy (non-hydrogen) atoms. The Morgan fingerprint density at radius 1 is 0.698 bits per heavy atom. The Morgan fingerprint density at radius 3 is 1.74 bits per heavy atom. The summed E-state index contributed by atoms with van der Waals surface area (Å²) in [6.45, 7) is 1.95. The lowest BCUT2D eigenvalue weighted by molar-refractivity contribution is -0.189. The molecule has 0 unspecified atom stereocenters. The van der Waals surface area contributed by atoms with Gasteiger partial charge in [-0.25, -0.2) is 26.3 Å². The normalized spacial score (nSPS) is 11.4. The number of unbranched alkanes of at least 4 members (excludes halogenated alkanes) is 1. The van der Waals surface area contributed by atoms with E-state index in [1.165, 1.54) is 12.1 Å². The first-order valence-electron chi connectivity index (χ1n) is 12.6. The van der Waals surface area contributed by atoms with Gasteiger partial charge in [0.2, 0.25) is 0 Å². The highest BCUT2D eigenvalue weighted by molar-refractivity contribution is 5.67. The molecule has 4 rings (SSSR count). The van der Waals surface area contributed by atoms with Crippen LogP contribution in [0.3, 0.4) is 0 Å². The minimum absolute atomic E-state index is 0.211. The molecule has 4 aromatic carbocycles. The molecular formula is C31H20F10O2. The molecule has 0 amide bonds. The van der Waals surface area contributed by atoms with Crippen molar-refractivity contribution in [1.29, 1.82) is 0 Å². The van der Waals surface area contributed by atoms with E-state index in [9.17, 15) is 43.9 Å². The summed E-state index contributed by atoms with van der Waals surface area (Å²) in [4.78, 5) is 0. The fourth-order valence-electron chi connectivity index (χ4n) is 4.26. The van der Waals surface area contributed by atoms with Crippen molar-refractivity contribution < 1.29 is 53.4 Å². The van der Waals surface area contributed by atoms with Gasteiger partial charge in [-0.3, -0.25) is 0 Å². The Balaban J connectivity index is 1.59. The molecule has 0 aliphatic heterocycles. The predicted molar refractivity (Wildman–Crippen MR) is 138 cm³/mol. The number of alkyl halides is 2. The van der Waals surface area contributed by atoms with Gasteiger partial charge in [-0.05, 0) is 72.0 Å². The molecule has 0 aromatic heterocycles. The molecule has 0 aliphatic rings. The molecule has 0 saturated heterocycles. The van der Waals surface area contributed by atoms with Gasteiger partial charge in [-0.1, -0.05) is 25.5 Å². The number of rotatable bonds is 10. The molecule has 2 nitrogen and oxygen atoms in total. The highest BCUT2D eigenvalue weighted by atomic mass is 19.3. The maximum absolute atomic E-state index is 14.9. The van der Waals surface area contributed by atoms with Crippen molar-refractivity contribution in [3.05, 3.63) is 119 Å². The average molecular weight is 614 g/mol. The SMILES string of the molecule is CCCCc1ccc(-c2cc(F)c(C(F)(F)Oc3ccc(-c4cc(F)c(OC=C(F)F)c(F)c4)c(F)c3)c(F)c2)c(F)c1. The molecule has 0 spiro atoms. The predicted octanol–water partition coefficient (Wildman–Crippen LogP) is 10.4. The summed E-state index contributed by atoms with van der Waals surface area (Å²) in [6, 6.07) is 8.07. The third-order valence-electron chi connectivity index (χ3n) is 6.26. The highest BCUT2D eigenvalue weighted by Crippen LogP contribution is 2.39. The van der Waals surface area contributed by atoms with Crippen molar-refractivity contribution in [3.63, 3.8) is 0 Å². The lowest BCUT2D eigenvalue weighted by atomic mass is 9.99. The third-order valence-corrected chi connectivity index (χ3v) is 6.26. The van der Waals surface area contributed by atoms with Crippen LogP contribution < -0.4 is 9.47 Å². The van der Waals surface area contributed by atoms with E-state index in [1.807, 2.05) is 6.92 Å². The highest BCUT2D eigenvalue weighted by Gasteiger charge is 2.41. The molecule has 0 atom stereocenters. The molecule has 0 N–H and O–H groups in total. The summed E-state index contributed by atoms with van der Waals surface area (Å²) < 4.78 is 150. The van der Waals surface area contributed by atoms with Crippen LogP contribution >= 0.6 is 0 Å². The van der Waals surface area contributed by atoms with Crippen molar-refractivity contribution in [1.82, 2.24) is 0 Å². The standard InChI is InChI=1S/C31H20F10O2/c1-2-3-4-16-5-7-20(22(32)9-16)17-10-24(34)29(25(35)11-17)31(40,41)43-19-6-8-21(23(33)14-19)18-12-26(36)30(27(37)13-18)42-15-28(38)39/h5-15H,2-4H2,1H3. The van der Waals surface area contributed by atoms with Crippen LogP contribution in [0.25, 0.3) is 22.3 Å². The van der Waals surface area contributed by atoms with Crippen LogP contribution in [0.1, 0.15) is 30.9 Å². The van der Waals surface area contributed by atoms with Crippen molar-refractivity contribution in [3.8, 4) is 33.8 Å². The number of aryl methyl sites for hydroxylation is 1. The first-order chi connectivity index (χ1) is 20.3. The van der Waals surface area contributed by atoms with Gasteiger partial charge in [-0.15, -0.1) is 0 Å². The third kappa shape index (κ3) is 7.12. The van der Waals surface area contributed by atoms with Gasteiger partial charge >= 0.3 is 12.2 Å². The van der Waals surface area contributed by atoms with Crippen LogP contribution in [-0.2, 0) is 12.5 Å². The molecule has 0 aliphatic carbocycles. The lowest BCUT2D eigenvalue weighted by Gasteiger charge is -2.20. The molecule has 0 saturated carbocycles. The quantitative estimate of drug-likeness (QED) is 0.131. The molecule has 0 bridgehead atoms. The number of benzene rings is 4. The lowest BCUT2D eigenvalue weighted by Crippen LogP contribution is -2.25. The van der Waals surface area contributed by atoms with E-state index in [-0.39, 0.29) is 17.4 Å². The van der Waals surface area contributed by atoms with Crippen molar-refractivity contribution >= 4 is 0 Å². The maximum atomic E-state index is 14.9. The average Bonchev–Trinajstić information content (AvgIpc) is 2.90. The van der Waals surface area contributed by atoms with E-state index in [0.29, 0.717) is 42.3 Å². The zero-order chi connectivity index (χ0) is 31.5. The zero-order valence-corrected chi connectivity index (χ0v) is 22.1. The second-order valence-electron chi connectivity index (χ2n) is 9.29. The molecule has 0 heterocycles. The van der Waals surface area contributed by atoms with Crippen LogP contribution in [0.4, 0.5) is 43.9 Å². The van der Waals surface area contributed by atoms with Crippen molar-refractivity contribution in [2.24, 2.45) is 0 Å². The number of hydrogen-bond donors (Lipinski definition) is 0. The molecule has 0 fully saturated rings. The van der Waals surface area contributed by atoms with Crippen LogP contribution in [0.5, 0.6) is 11.5 Å². The van der Waals surface area contributed by atoms with Crippen molar-refractivity contribution in [2.75, 3.05) is 0 Å². The van der Waals surface area contributed by atoms with E-state index in [1.54, 1.807) is 6.07 Å². The minimum Gasteiger partial charge on any atom is -0.453 e. The first-order valence-corrected chi connectivity index (χ1v) is 12.6. The van der Waals surface area contributed by atoms with E-state index < -0.39 is 75.3 Å². The van der Waals surface area contributed by atoms with E-state index >= 15 is 0 Å². The summed E-state index contributed by atoms with van der Waals surface area (Å²) in [7, 11) is 0. The molecular weight excluding hydrogens is 594 g/mol. The monoisotopic (exact) mass is 614 g/mol. The summed E-state index contributed by atoms with van der Waals surface area (Å²) >= 11 is 0. The molecule has 4 aromatic rings. The summed E-state index contributed by atoms with van der Waals surface area (Å²) in [5.74, 6) is -10.7. The Morgan fingerprint density at radius 2 is 1.23 bits per heavy atom. The second-order valence-corrected chi connectivity index (χ2v) is 9.29. The van der Waals surface area contributed by atoms with E-state index in [4.69, 9.17) is 0 Å². The first kappa shape index (κ1) is 31.5. The fourth-order valence-corrected chi connectivity index (χ4v) is 4.26. The van der Waals surface area contributed by atoms with Gasteiger partial charge in [0.1, 0.15) is 34.6 Å². The number of halogens is 10. The van der Waals surface area contributed by atoms with Crippen LogP contribution in [-0.4, -0.2) is 0 Å².